The van der Waals surface area contributed by atoms with Crippen LogP contribution in [0.2, 0.25) is 10.0 Å². The molecule has 1 heterocycles. The second-order valence-electron chi connectivity index (χ2n) is 3.74. The molecule has 0 spiro atoms. The zero-order chi connectivity index (χ0) is 13.1. The molecule has 0 saturated heterocycles. The Balaban J connectivity index is 2.49. The van der Waals surface area contributed by atoms with Gasteiger partial charge in [-0.15, -0.1) is 0 Å². The molecular formula is C12H11Cl2N3O. The standard InChI is InChI=1S/C12H11Cl2N3O/c1-15-6-8-5-11(18)17-12(16-8)7-2-3-9(13)10(14)4-7/h2-5,15H,6H2,1H3,(H,16,17,18). The Morgan fingerprint density at radius 3 is 2.72 bits per heavy atom. The van der Waals surface area contributed by atoms with E-state index in [0.29, 0.717) is 28.1 Å². The fourth-order valence-corrected chi connectivity index (χ4v) is 1.86. The van der Waals surface area contributed by atoms with E-state index in [0.717, 1.165) is 5.56 Å². The summed E-state index contributed by atoms with van der Waals surface area (Å²) in [4.78, 5) is 18.5. The molecule has 18 heavy (non-hydrogen) atoms. The number of hydrogen-bond acceptors (Lipinski definition) is 3. The van der Waals surface area contributed by atoms with Crippen molar-refractivity contribution in [3.8, 4) is 11.4 Å². The van der Waals surface area contributed by atoms with E-state index in [1.54, 1.807) is 25.2 Å². The maximum absolute atomic E-state index is 11.5. The number of aromatic nitrogens is 2. The van der Waals surface area contributed by atoms with E-state index in [4.69, 9.17) is 23.2 Å². The van der Waals surface area contributed by atoms with Gasteiger partial charge < -0.3 is 10.3 Å². The molecule has 2 rings (SSSR count). The highest BCUT2D eigenvalue weighted by Gasteiger charge is 2.06. The van der Waals surface area contributed by atoms with E-state index >= 15 is 0 Å². The van der Waals surface area contributed by atoms with Gasteiger partial charge in [-0.2, -0.15) is 0 Å². The van der Waals surface area contributed by atoms with Crippen LogP contribution >= 0.6 is 23.2 Å². The van der Waals surface area contributed by atoms with Crippen molar-refractivity contribution >= 4 is 23.2 Å². The third-order valence-electron chi connectivity index (χ3n) is 2.35. The molecule has 0 saturated carbocycles. The van der Waals surface area contributed by atoms with Crippen molar-refractivity contribution < 1.29 is 0 Å². The van der Waals surface area contributed by atoms with Gasteiger partial charge in [0, 0.05) is 18.2 Å². The van der Waals surface area contributed by atoms with Crippen molar-refractivity contribution in [1.29, 1.82) is 0 Å². The Kier molecular flexibility index (Phi) is 4.01. The van der Waals surface area contributed by atoms with Crippen molar-refractivity contribution in [1.82, 2.24) is 15.3 Å². The van der Waals surface area contributed by atoms with Crippen LogP contribution in [0.1, 0.15) is 5.69 Å². The van der Waals surface area contributed by atoms with Gasteiger partial charge in [-0.3, -0.25) is 4.79 Å². The van der Waals surface area contributed by atoms with Crippen molar-refractivity contribution in [2.45, 2.75) is 6.54 Å². The van der Waals surface area contributed by atoms with E-state index in [2.05, 4.69) is 15.3 Å². The quantitative estimate of drug-likeness (QED) is 0.910. The van der Waals surface area contributed by atoms with Gasteiger partial charge in [-0.05, 0) is 25.2 Å². The summed E-state index contributed by atoms with van der Waals surface area (Å²) in [6.07, 6.45) is 0. The van der Waals surface area contributed by atoms with Gasteiger partial charge in [-0.25, -0.2) is 4.98 Å². The lowest BCUT2D eigenvalue weighted by Gasteiger charge is -2.05. The summed E-state index contributed by atoms with van der Waals surface area (Å²) in [5.74, 6) is 0.478. The molecule has 2 N–H and O–H groups in total. The first-order valence-corrected chi connectivity index (χ1v) is 6.06. The Morgan fingerprint density at radius 1 is 1.28 bits per heavy atom. The van der Waals surface area contributed by atoms with Gasteiger partial charge >= 0.3 is 0 Å². The van der Waals surface area contributed by atoms with Gasteiger partial charge in [0.15, 0.2) is 0 Å². The fraction of sp³-hybridized carbons (Fsp3) is 0.167. The van der Waals surface area contributed by atoms with Gasteiger partial charge in [0.25, 0.3) is 5.56 Å². The zero-order valence-corrected chi connectivity index (χ0v) is 11.1. The minimum absolute atomic E-state index is 0.198. The number of H-pyrrole nitrogens is 1. The van der Waals surface area contributed by atoms with Crippen LogP contribution in [0.4, 0.5) is 0 Å². The summed E-state index contributed by atoms with van der Waals surface area (Å²) in [6, 6.07) is 6.56. The van der Waals surface area contributed by atoms with Crippen LogP contribution in [0.15, 0.2) is 29.1 Å². The molecule has 1 aromatic carbocycles. The predicted octanol–water partition coefficient (Wildman–Crippen LogP) is 2.46. The third-order valence-corrected chi connectivity index (χ3v) is 3.08. The van der Waals surface area contributed by atoms with Gasteiger partial charge in [0.2, 0.25) is 0 Å². The molecule has 0 atom stereocenters. The Bertz CT molecular complexity index is 625. The molecule has 6 heteroatoms. The molecular weight excluding hydrogens is 273 g/mol. The third kappa shape index (κ3) is 2.90. The van der Waals surface area contributed by atoms with E-state index in [1.165, 1.54) is 6.07 Å². The Hall–Kier alpha value is -1.36. The Labute approximate surface area is 114 Å². The highest BCUT2D eigenvalue weighted by Crippen LogP contribution is 2.26. The predicted molar refractivity (Wildman–Crippen MR) is 73.1 cm³/mol. The van der Waals surface area contributed by atoms with E-state index in [-0.39, 0.29) is 5.56 Å². The first-order valence-electron chi connectivity index (χ1n) is 5.30. The molecule has 0 bridgehead atoms. The topological polar surface area (TPSA) is 57.8 Å². The van der Waals surface area contributed by atoms with E-state index in [9.17, 15) is 4.79 Å². The highest BCUT2D eigenvalue weighted by molar-refractivity contribution is 6.42. The molecule has 0 fully saturated rings. The lowest BCUT2D eigenvalue weighted by atomic mass is 10.2. The average Bonchev–Trinajstić information content (AvgIpc) is 2.32. The second kappa shape index (κ2) is 5.52. The summed E-state index contributed by atoms with van der Waals surface area (Å²) in [7, 11) is 1.79. The van der Waals surface area contributed by atoms with Crippen molar-refractivity contribution in [2.24, 2.45) is 0 Å². The summed E-state index contributed by atoms with van der Waals surface area (Å²) in [6.45, 7) is 0.526. The van der Waals surface area contributed by atoms with E-state index < -0.39 is 0 Å². The molecule has 0 aliphatic rings. The van der Waals surface area contributed by atoms with Crippen LogP contribution in [0.25, 0.3) is 11.4 Å². The first-order chi connectivity index (χ1) is 8.60. The minimum Gasteiger partial charge on any atom is -0.314 e. The lowest BCUT2D eigenvalue weighted by Crippen LogP contribution is -2.14. The number of aromatic amines is 1. The van der Waals surface area contributed by atoms with Crippen molar-refractivity contribution in [3.63, 3.8) is 0 Å². The van der Waals surface area contributed by atoms with Gasteiger partial charge in [0.05, 0.1) is 15.7 Å². The largest absolute Gasteiger partial charge is 0.314 e. The minimum atomic E-state index is -0.198. The van der Waals surface area contributed by atoms with Crippen LogP contribution in [0.3, 0.4) is 0 Å². The monoisotopic (exact) mass is 283 g/mol. The van der Waals surface area contributed by atoms with Crippen LogP contribution in [-0.2, 0) is 6.54 Å². The molecule has 4 nitrogen and oxygen atoms in total. The molecule has 0 amide bonds. The maximum Gasteiger partial charge on any atom is 0.251 e. The number of nitrogens with zero attached hydrogens (tertiary/aromatic N) is 1. The molecule has 0 unspecified atom stereocenters. The second-order valence-corrected chi connectivity index (χ2v) is 4.56. The molecule has 1 aromatic heterocycles. The average molecular weight is 284 g/mol. The normalized spacial score (nSPS) is 10.6. The van der Waals surface area contributed by atoms with Crippen LogP contribution in [0, 0.1) is 0 Å². The number of benzene rings is 1. The SMILES string of the molecule is CNCc1cc(=O)[nH]c(-c2ccc(Cl)c(Cl)c2)n1. The highest BCUT2D eigenvalue weighted by atomic mass is 35.5. The van der Waals surface area contributed by atoms with Crippen molar-refractivity contribution in [3.05, 3.63) is 50.4 Å². The summed E-state index contributed by atoms with van der Waals surface area (Å²) < 4.78 is 0. The van der Waals surface area contributed by atoms with Crippen molar-refractivity contribution in [2.75, 3.05) is 7.05 Å². The van der Waals surface area contributed by atoms with Gasteiger partial charge in [0.1, 0.15) is 5.82 Å². The maximum atomic E-state index is 11.5. The molecule has 2 aromatic rings. The summed E-state index contributed by atoms with van der Waals surface area (Å²) >= 11 is 11.8. The molecule has 0 radical (unpaired) electrons. The van der Waals surface area contributed by atoms with Crippen LogP contribution in [0.5, 0.6) is 0 Å². The number of hydrogen-bond donors (Lipinski definition) is 2. The first kappa shape index (κ1) is 13.1. The Morgan fingerprint density at radius 2 is 2.06 bits per heavy atom. The fourth-order valence-electron chi connectivity index (χ4n) is 1.56. The number of halogens is 2. The molecule has 0 aliphatic heterocycles. The molecule has 94 valence electrons. The number of rotatable bonds is 3. The van der Waals surface area contributed by atoms with Crippen LogP contribution < -0.4 is 10.9 Å². The lowest BCUT2D eigenvalue weighted by molar-refractivity contribution is 0.785. The molecule has 0 aliphatic carbocycles. The zero-order valence-electron chi connectivity index (χ0n) is 9.63. The smallest absolute Gasteiger partial charge is 0.251 e. The number of nitrogens with one attached hydrogen (secondary N) is 2. The summed E-state index contributed by atoms with van der Waals surface area (Å²) in [5.41, 5.74) is 1.19. The van der Waals surface area contributed by atoms with E-state index in [1.807, 2.05) is 0 Å². The van der Waals surface area contributed by atoms with Crippen LogP contribution in [-0.4, -0.2) is 17.0 Å². The van der Waals surface area contributed by atoms with Gasteiger partial charge in [-0.1, -0.05) is 23.2 Å². The summed E-state index contributed by atoms with van der Waals surface area (Å²) in [5, 5.41) is 3.84.